The fraction of sp³-hybridized carbons (Fsp3) is 0.706. The van der Waals surface area contributed by atoms with Crippen LogP contribution in [0.3, 0.4) is 0 Å². The van der Waals surface area contributed by atoms with Gasteiger partial charge in [0.05, 0.1) is 30.6 Å². The molecule has 3 aliphatic rings. The van der Waals surface area contributed by atoms with E-state index >= 15 is 0 Å². The van der Waals surface area contributed by atoms with E-state index in [9.17, 15) is 4.79 Å². The Bertz CT molecular complexity index is 527. The van der Waals surface area contributed by atoms with Gasteiger partial charge < -0.3 is 19.0 Å². The van der Waals surface area contributed by atoms with Crippen molar-refractivity contribution in [1.29, 1.82) is 0 Å². The monoisotopic (exact) mass is 319 g/mol. The number of furan rings is 1. The van der Waals surface area contributed by atoms with Crippen LogP contribution < -0.4 is 0 Å². The molecule has 0 radical (unpaired) electrons. The average molecular weight is 319 g/mol. The van der Waals surface area contributed by atoms with E-state index in [1.54, 1.807) is 12.3 Å². The highest BCUT2D eigenvalue weighted by molar-refractivity contribution is 5.94. The first-order valence-electron chi connectivity index (χ1n) is 8.71. The summed E-state index contributed by atoms with van der Waals surface area (Å²) in [6.45, 7) is 7.89. The van der Waals surface area contributed by atoms with Crippen molar-refractivity contribution in [3.8, 4) is 0 Å². The average Bonchev–Trinajstić information content (AvgIpc) is 3.33. The van der Waals surface area contributed by atoms with Crippen molar-refractivity contribution in [1.82, 2.24) is 14.7 Å². The minimum atomic E-state index is 0.0521. The summed E-state index contributed by atoms with van der Waals surface area (Å²) in [6, 6.07) is 2.07. The molecule has 0 aliphatic carbocycles. The van der Waals surface area contributed by atoms with Crippen LogP contribution in [-0.2, 0) is 4.74 Å². The summed E-state index contributed by atoms with van der Waals surface area (Å²) in [5, 5.41) is 0. The van der Waals surface area contributed by atoms with Crippen LogP contribution in [0.4, 0.5) is 0 Å². The standard InChI is InChI=1S/C17H25N3O3/c21-17(14-3-9-22-13-14)20-11-15-16(12-20)23-10-8-19(15)7-6-18-4-1-2-5-18/h3,9,13,15-16H,1-2,4-8,10-12H2/t15-,16-/m0/s1. The molecule has 0 aromatic carbocycles. The molecule has 6 nitrogen and oxygen atoms in total. The van der Waals surface area contributed by atoms with Crippen molar-refractivity contribution in [2.24, 2.45) is 0 Å². The number of nitrogens with zero attached hydrogens (tertiary/aromatic N) is 3. The van der Waals surface area contributed by atoms with E-state index in [0.29, 0.717) is 18.2 Å². The number of amides is 1. The Balaban J connectivity index is 1.37. The van der Waals surface area contributed by atoms with Crippen molar-refractivity contribution in [3.05, 3.63) is 24.2 Å². The van der Waals surface area contributed by atoms with Crippen molar-refractivity contribution >= 4 is 5.91 Å². The lowest BCUT2D eigenvalue weighted by molar-refractivity contribution is -0.0487. The number of hydrogen-bond acceptors (Lipinski definition) is 5. The molecule has 0 saturated carbocycles. The van der Waals surface area contributed by atoms with Crippen molar-refractivity contribution in [2.45, 2.75) is 25.0 Å². The summed E-state index contributed by atoms with van der Waals surface area (Å²) in [4.78, 5) is 19.5. The van der Waals surface area contributed by atoms with Crippen LogP contribution in [0.25, 0.3) is 0 Å². The number of carbonyl (C=O) groups is 1. The maximum absolute atomic E-state index is 12.5. The lowest BCUT2D eigenvalue weighted by atomic mass is 10.1. The van der Waals surface area contributed by atoms with Gasteiger partial charge >= 0.3 is 0 Å². The fourth-order valence-electron chi connectivity index (χ4n) is 4.05. The third-order valence-corrected chi connectivity index (χ3v) is 5.37. The first-order chi connectivity index (χ1) is 11.3. The summed E-state index contributed by atoms with van der Waals surface area (Å²) >= 11 is 0. The van der Waals surface area contributed by atoms with Crippen molar-refractivity contribution in [2.75, 3.05) is 52.4 Å². The Morgan fingerprint density at radius 2 is 2.04 bits per heavy atom. The van der Waals surface area contributed by atoms with Crippen LogP contribution in [0.2, 0.25) is 0 Å². The third-order valence-electron chi connectivity index (χ3n) is 5.37. The van der Waals surface area contributed by atoms with Gasteiger partial charge in [0.25, 0.3) is 5.91 Å². The number of carbonyl (C=O) groups excluding carboxylic acids is 1. The summed E-state index contributed by atoms with van der Waals surface area (Å²) in [5.74, 6) is 0.0521. The van der Waals surface area contributed by atoms with Gasteiger partial charge in [0, 0.05) is 32.7 Å². The molecule has 0 N–H and O–H groups in total. The third kappa shape index (κ3) is 3.16. The Morgan fingerprint density at radius 1 is 1.17 bits per heavy atom. The zero-order chi connectivity index (χ0) is 15.6. The molecule has 4 heterocycles. The van der Waals surface area contributed by atoms with Gasteiger partial charge in [-0.15, -0.1) is 0 Å². The van der Waals surface area contributed by atoms with Gasteiger partial charge in [-0.1, -0.05) is 0 Å². The van der Waals surface area contributed by atoms with Gasteiger partial charge in [-0.2, -0.15) is 0 Å². The second-order valence-corrected chi connectivity index (χ2v) is 6.78. The van der Waals surface area contributed by atoms with Gasteiger partial charge in [-0.3, -0.25) is 9.69 Å². The Hall–Kier alpha value is -1.37. The first kappa shape index (κ1) is 15.2. The van der Waals surface area contributed by atoms with E-state index in [4.69, 9.17) is 9.15 Å². The molecular formula is C17H25N3O3. The zero-order valence-electron chi connectivity index (χ0n) is 13.5. The van der Waals surface area contributed by atoms with E-state index in [1.165, 1.54) is 32.2 Å². The first-order valence-corrected chi connectivity index (χ1v) is 8.71. The highest BCUT2D eigenvalue weighted by Gasteiger charge is 2.42. The predicted octanol–water partition coefficient (Wildman–Crippen LogP) is 0.901. The molecule has 0 spiro atoms. The fourth-order valence-corrected chi connectivity index (χ4v) is 4.05. The van der Waals surface area contributed by atoms with Crippen LogP contribution in [0.15, 0.2) is 23.0 Å². The lowest BCUT2D eigenvalue weighted by Gasteiger charge is -2.37. The maximum Gasteiger partial charge on any atom is 0.257 e. The number of rotatable bonds is 4. The van der Waals surface area contributed by atoms with E-state index in [2.05, 4.69) is 9.80 Å². The van der Waals surface area contributed by atoms with Gasteiger partial charge in [0.15, 0.2) is 0 Å². The highest BCUT2D eigenvalue weighted by atomic mass is 16.5. The second-order valence-electron chi connectivity index (χ2n) is 6.78. The van der Waals surface area contributed by atoms with Gasteiger partial charge in [0.1, 0.15) is 6.26 Å². The van der Waals surface area contributed by atoms with Crippen LogP contribution >= 0.6 is 0 Å². The molecule has 1 aromatic heterocycles. The van der Waals surface area contributed by atoms with Crippen LogP contribution in [0, 0.1) is 0 Å². The Kier molecular flexibility index (Phi) is 4.37. The number of morpholine rings is 1. The van der Waals surface area contributed by atoms with Gasteiger partial charge in [0.2, 0.25) is 0 Å². The molecule has 3 saturated heterocycles. The summed E-state index contributed by atoms with van der Waals surface area (Å²) in [7, 11) is 0. The van der Waals surface area contributed by atoms with Crippen LogP contribution in [-0.4, -0.2) is 85.2 Å². The molecule has 6 heteroatoms. The molecular weight excluding hydrogens is 294 g/mol. The predicted molar refractivity (Wildman–Crippen MR) is 85.4 cm³/mol. The van der Waals surface area contributed by atoms with Gasteiger partial charge in [-0.05, 0) is 32.0 Å². The molecule has 0 unspecified atom stereocenters. The molecule has 3 fully saturated rings. The molecule has 0 bridgehead atoms. The normalized spacial score (nSPS) is 29.1. The number of fused-ring (bicyclic) bond motifs is 1. The Morgan fingerprint density at radius 3 is 2.83 bits per heavy atom. The van der Waals surface area contributed by atoms with Gasteiger partial charge in [-0.25, -0.2) is 0 Å². The minimum absolute atomic E-state index is 0.0521. The van der Waals surface area contributed by atoms with E-state index in [1.807, 2.05) is 4.90 Å². The van der Waals surface area contributed by atoms with E-state index in [0.717, 1.165) is 32.8 Å². The smallest absolute Gasteiger partial charge is 0.257 e. The Labute approximate surface area is 137 Å². The summed E-state index contributed by atoms with van der Waals surface area (Å²) < 4.78 is 11.0. The van der Waals surface area contributed by atoms with Crippen molar-refractivity contribution in [3.63, 3.8) is 0 Å². The lowest BCUT2D eigenvalue weighted by Crippen LogP contribution is -2.52. The molecule has 1 amide bonds. The minimum Gasteiger partial charge on any atom is -0.472 e. The van der Waals surface area contributed by atoms with E-state index < -0.39 is 0 Å². The zero-order valence-corrected chi connectivity index (χ0v) is 13.5. The molecule has 23 heavy (non-hydrogen) atoms. The van der Waals surface area contributed by atoms with E-state index in [-0.39, 0.29) is 12.0 Å². The molecule has 126 valence electrons. The highest BCUT2D eigenvalue weighted by Crippen LogP contribution is 2.24. The molecule has 2 atom stereocenters. The number of ether oxygens (including phenoxy) is 1. The molecule has 4 rings (SSSR count). The number of hydrogen-bond donors (Lipinski definition) is 0. The van der Waals surface area contributed by atoms with Crippen molar-refractivity contribution < 1.29 is 13.9 Å². The molecule has 1 aromatic rings. The second kappa shape index (κ2) is 6.63. The topological polar surface area (TPSA) is 49.2 Å². The molecule has 3 aliphatic heterocycles. The summed E-state index contributed by atoms with van der Waals surface area (Å²) in [6.07, 6.45) is 5.90. The number of likely N-dealkylation sites (tertiary alicyclic amines) is 2. The SMILES string of the molecule is O=C(c1ccoc1)N1C[C@@H]2OCCN(CCN3CCCC3)[C@H]2C1. The summed E-state index contributed by atoms with van der Waals surface area (Å²) in [5.41, 5.74) is 0.632. The largest absolute Gasteiger partial charge is 0.472 e. The maximum atomic E-state index is 12.5. The van der Waals surface area contributed by atoms with Crippen LogP contribution in [0.1, 0.15) is 23.2 Å². The van der Waals surface area contributed by atoms with Crippen LogP contribution in [0.5, 0.6) is 0 Å². The quantitative estimate of drug-likeness (QED) is 0.825.